The predicted molar refractivity (Wildman–Crippen MR) is 62.1 cm³/mol. The molecule has 2 rings (SSSR count). The van der Waals surface area contributed by atoms with Crippen LogP contribution in [0.2, 0.25) is 0 Å². The average molecular weight is 286 g/mol. The molecular formula is C12H8F2O4S. The minimum absolute atomic E-state index is 0.0581. The molecule has 1 heterocycles. The monoisotopic (exact) mass is 286 g/mol. The highest BCUT2D eigenvalue weighted by Crippen LogP contribution is 2.17. The van der Waals surface area contributed by atoms with Crippen LogP contribution in [0.5, 0.6) is 0 Å². The lowest BCUT2D eigenvalue weighted by molar-refractivity contribution is 0.0696. The second kappa shape index (κ2) is 5.31. The van der Waals surface area contributed by atoms with E-state index in [0.717, 1.165) is 18.4 Å². The summed E-state index contributed by atoms with van der Waals surface area (Å²) in [6, 6.07) is 4.16. The first-order valence-corrected chi connectivity index (χ1v) is 6.43. The zero-order chi connectivity index (χ0) is 14.0. The van der Waals surface area contributed by atoms with Crippen molar-refractivity contribution in [1.29, 1.82) is 0 Å². The number of furan rings is 1. The molecular weight excluding hydrogens is 278 g/mol. The van der Waals surface area contributed by atoms with Gasteiger partial charge >= 0.3 is 5.97 Å². The van der Waals surface area contributed by atoms with Crippen LogP contribution in [0.15, 0.2) is 39.8 Å². The second-order valence-corrected chi connectivity index (χ2v) is 5.12. The quantitative estimate of drug-likeness (QED) is 0.938. The second-order valence-electron chi connectivity index (χ2n) is 3.67. The third-order valence-electron chi connectivity index (χ3n) is 2.33. The van der Waals surface area contributed by atoms with Gasteiger partial charge in [-0.15, -0.1) is 0 Å². The van der Waals surface area contributed by atoms with Gasteiger partial charge in [0.1, 0.15) is 12.0 Å². The number of hydrogen-bond acceptors (Lipinski definition) is 3. The molecule has 0 amide bonds. The Morgan fingerprint density at radius 2 is 2.00 bits per heavy atom. The fourth-order valence-electron chi connectivity index (χ4n) is 1.40. The number of halogens is 2. The van der Waals surface area contributed by atoms with Crippen molar-refractivity contribution in [2.75, 3.05) is 0 Å². The van der Waals surface area contributed by atoms with Gasteiger partial charge in [0.2, 0.25) is 0 Å². The first kappa shape index (κ1) is 13.4. The van der Waals surface area contributed by atoms with Gasteiger partial charge in [-0.3, -0.25) is 4.21 Å². The van der Waals surface area contributed by atoms with E-state index in [1.54, 1.807) is 0 Å². The highest BCUT2D eigenvalue weighted by Gasteiger charge is 2.13. The Morgan fingerprint density at radius 3 is 2.58 bits per heavy atom. The summed E-state index contributed by atoms with van der Waals surface area (Å²) < 4.78 is 42.5. The smallest absolute Gasteiger partial charge is 0.338 e. The van der Waals surface area contributed by atoms with E-state index in [2.05, 4.69) is 0 Å². The third-order valence-corrected chi connectivity index (χ3v) is 3.65. The highest BCUT2D eigenvalue weighted by atomic mass is 32.2. The van der Waals surface area contributed by atoms with Crippen LogP contribution < -0.4 is 0 Å². The zero-order valence-electron chi connectivity index (χ0n) is 9.43. The SMILES string of the molecule is O=C(O)c1coc(CS(=O)c2ccc(F)c(F)c2)c1. The fraction of sp³-hybridized carbons (Fsp3) is 0.0833. The number of carboxylic acid groups (broad SMARTS) is 1. The van der Waals surface area contributed by atoms with Crippen LogP contribution in [0.3, 0.4) is 0 Å². The van der Waals surface area contributed by atoms with Crippen LogP contribution in [0, 0.1) is 11.6 Å². The topological polar surface area (TPSA) is 67.5 Å². The van der Waals surface area contributed by atoms with Crippen LogP contribution in [-0.2, 0) is 16.6 Å². The van der Waals surface area contributed by atoms with Crippen LogP contribution in [-0.4, -0.2) is 15.3 Å². The molecule has 0 radical (unpaired) electrons. The van der Waals surface area contributed by atoms with Gasteiger partial charge < -0.3 is 9.52 Å². The molecule has 100 valence electrons. The lowest BCUT2D eigenvalue weighted by atomic mass is 10.3. The van der Waals surface area contributed by atoms with Gasteiger partial charge in [-0.2, -0.15) is 0 Å². The van der Waals surface area contributed by atoms with Crippen molar-refractivity contribution in [1.82, 2.24) is 0 Å². The number of benzene rings is 1. The third kappa shape index (κ3) is 3.05. The van der Waals surface area contributed by atoms with Crippen LogP contribution in [0.4, 0.5) is 8.78 Å². The molecule has 0 saturated carbocycles. The van der Waals surface area contributed by atoms with Gasteiger partial charge in [0.05, 0.1) is 22.1 Å². The van der Waals surface area contributed by atoms with Gasteiger partial charge in [-0.1, -0.05) is 0 Å². The maximum Gasteiger partial charge on any atom is 0.338 e. The molecule has 0 fully saturated rings. The molecule has 1 atom stereocenters. The average Bonchev–Trinajstić information content (AvgIpc) is 2.81. The highest BCUT2D eigenvalue weighted by molar-refractivity contribution is 7.84. The maximum atomic E-state index is 13.0. The van der Waals surface area contributed by atoms with Crippen molar-refractivity contribution in [2.45, 2.75) is 10.6 Å². The summed E-state index contributed by atoms with van der Waals surface area (Å²) in [6.07, 6.45) is 1.03. The molecule has 1 aromatic heterocycles. The molecule has 1 aromatic carbocycles. The van der Waals surface area contributed by atoms with Crippen molar-refractivity contribution in [3.8, 4) is 0 Å². The van der Waals surface area contributed by atoms with E-state index in [9.17, 15) is 17.8 Å². The molecule has 0 aliphatic heterocycles. The Morgan fingerprint density at radius 1 is 1.26 bits per heavy atom. The Bertz CT molecular complexity index is 651. The Balaban J connectivity index is 2.15. The van der Waals surface area contributed by atoms with Gasteiger partial charge in [0.25, 0.3) is 0 Å². The molecule has 0 saturated heterocycles. The molecule has 0 spiro atoms. The molecule has 0 aliphatic rings. The zero-order valence-corrected chi connectivity index (χ0v) is 10.2. The van der Waals surface area contributed by atoms with Gasteiger partial charge in [-0.25, -0.2) is 13.6 Å². The van der Waals surface area contributed by atoms with Gasteiger partial charge in [0.15, 0.2) is 11.6 Å². The van der Waals surface area contributed by atoms with E-state index in [1.165, 1.54) is 12.1 Å². The van der Waals surface area contributed by atoms with E-state index in [0.29, 0.717) is 0 Å². The standard InChI is InChI=1S/C12H8F2O4S/c13-10-2-1-9(4-11(10)14)19(17)6-8-3-7(5-18-8)12(15)16/h1-5H,6H2,(H,15,16). The fourth-order valence-corrected chi connectivity index (χ4v) is 2.43. The van der Waals surface area contributed by atoms with Crippen LogP contribution in [0.1, 0.15) is 16.1 Å². The molecule has 2 aromatic rings. The predicted octanol–water partition coefficient (Wildman–Crippen LogP) is 2.56. The molecule has 0 bridgehead atoms. The largest absolute Gasteiger partial charge is 0.478 e. The number of hydrogen-bond donors (Lipinski definition) is 1. The minimum atomic E-state index is -1.65. The number of rotatable bonds is 4. The number of carbonyl (C=O) groups is 1. The molecule has 19 heavy (non-hydrogen) atoms. The first-order valence-electron chi connectivity index (χ1n) is 5.11. The van der Waals surface area contributed by atoms with E-state index in [-0.39, 0.29) is 22.0 Å². The van der Waals surface area contributed by atoms with Crippen molar-refractivity contribution in [3.63, 3.8) is 0 Å². The Labute approximate surface area is 109 Å². The lowest BCUT2D eigenvalue weighted by Gasteiger charge is -2.00. The van der Waals surface area contributed by atoms with Crippen LogP contribution >= 0.6 is 0 Å². The lowest BCUT2D eigenvalue weighted by Crippen LogP contribution is -1.97. The molecule has 1 N–H and O–H groups in total. The first-order chi connectivity index (χ1) is 8.97. The molecule has 4 nitrogen and oxygen atoms in total. The molecule has 0 aliphatic carbocycles. The van der Waals surface area contributed by atoms with Gasteiger partial charge in [-0.05, 0) is 24.3 Å². The molecule has 7 heteroatoms. The Hall–Kier alpha value is -2.02. The summed E-state index contributed by atoms with van der Waals surface area (Å²) in [5.41, 5.74) is -0.0581. The van der Waals surface area contributed by atoms with E-state index in [1.807, 2.05) is 0 Å². The summed E-state index contributed by atoms with van der Waals surface area (Å²) >= 11 is 0. The maximum absolute atomic E-state index is 13.0. The normalized spacial score (nSPS) is 12.3. The van der Waals surface area contributed by atoms with E-state index in [4.69, 9.17) is 9.52 Å². The van der Waals surface area contributed by atoms with Crippen molar-refractivity contribution >= 4 is 16.8 Å². The van der Waals surface area contributed by atoms with Crippen molar-refractivity contribution in [3.05, 3.63) is 53.5 Å². The Kier molecular flexibility index (Phi) is 3.75. The van der Waals surface area contributed by atoms with Gasteiger partial charge in [0, 0.05) is 4.90 Å². The summed E-state index contributed by atoms with van der Waals surface area (Å²) in [7, 11) is -1.65. The van der Waals surface area contributed by atoms with E-state index >= 15 is 0 Å². The van der Waals surface area contributed by atoms with E-state index < -0.39 is 28.4 Å². The summed E-state index contributed by atoms with van der Waals surface area (Å²) in [6.45, 7) is 0. The number of carboxylic acids is 1. The summed E-state index contributed by atoms with van der Waals surface area (Å²) in [5.74, 6) is -3.18. The van der Waals surface area contributed by atoms with Crippen molar-refractivity contribution in [2.24, 2.45) is 0 Å². The minimum Gasteiger partial charge on any atom is -0.478 e. The summed E-state index contributed by atoms with van der Waals surface area (Å²) in [4.78, 5) is 10.7. The van der Waals surface area contributed by atoms with Crippen molar-refractivity contribution < 1.29 is 27.3 Å². The van der Waals surface area contributed by atoms with Crippen LogP contribution in [0.25, 0.3) is 0 Å². The number of aromatic carboxylic acids is 1. The summed E-state index contributed by atoms with van der Waals surface area (Å²) in [5, 5.41) is 8.69. The molecule has 1 unspecified atom stereocenters.